The molecule has 1 aliphatic rings. The lowest BCUT2D eigenvalue weighted by atomic mass is 9.98. The van der Waals surface area contributed by atoms with Gasteiger partial charge in [0, 0.05) is 45.2 Å². The summed E-state index contributed by atoms with van der Waals surface area (Å²) in [4.78, 5) is 41.2. The molecule has 0 saturated carbocycles. The van der Waals surface area contributed by atoms with Crippen LogP contribution in [0.2, 0.25) is 0 Å². The third-order valence-corrected chi connectivity index (χ3v) is 5.90. The van der Waals surface area contributed by atoms with Crippen molar-refractivity contribution in [1.29, 1.82) is 0 Å². The minimum Gasteiger partial charge on any atom is -0.494 e. The Hall–Kier alpha value is -3.55. The smallest absolute Gasteiger partial charge is 0.321 e. The summed E-state index contributed by atoms with van der Waals surface area (Å²) in [7, 11) is 0. The Bertz CT molecular complexity index is 1010. The molecule has 0 bridgehead atoms. The number of nitrogens with zero attached hydrogens (tertiary/aromatic N) is 2. The van der Waals surface area contributed by atoms with Gasteiger partial charge >= 0.3 is 6.03 Å². The molecule has 0 aliphatic carbocycles. The number of hydrogen-bond acceptors (Lipinski definition) is 4. The third kappa shape index (κ3) is 6.73. The Kier molecular flexibility index (Phi) is 8.51. The number of anilines is 1. The molecule has 1 atom stereocenters. The minimum atomic E-state index is -0.637. The summed E-state index contributed by atoms with van der Waals surface area (Å²) >= 11 is 0. The number of carbonyl (C=O) groups is 3. The summed E-state index contributed by atoms with van der Waals surface area (Å²) in [5.74, 6) is 0.391. The maximum Gasteiger partial charge on any atom is 0.321 e. The summed E-state index contributed by atoms with van der Waals surface area (Å²) in [5.41, 5.74) is 3.93. The Morgan fingerprint density at radius 3 is 2.24 bits per heavy atom. The average molecular weight is 467 g/mol. The second-order valence-corrected chi connectivity index (χ2v) is 8.59. The maximum atomic E-state index is 13.3. The first kappa shape index (κ1) is 25.1. The molecule has 0 spiro atoms. The van der Waals surface area contributed by atoms with Crippen molar-refractivity contribution in [2.24, 2.45) is 0 Å². The van der Waals surface area contributed by atoms with Crippen molar-refractivity contribution in [2.75, 3.05) is 38.1 Å². The SMILES string of the molecule is CCOc1ccc(NC(=O)N2CCN(C(=O)C(Cc3cc(C)ccc3C)NC(C)=O)CC2)cc1. The van der Waals surface area contributed by atoms with E-state index in [1.54, 1.807) is 21.9 Å². The van der Waals surface area contributed by atoms with Gasteiger partial charge in [0.2, 0.25) is 11.8 Å². The van der Waals surface area contributed by atoms with Crippen LogP contribution in [-0.2, 0) is 16.0 Å². The van der Waals surface area contributed by atoms with Gasteiger partial charge in [-0.1, -0.05) is 23.8 Å². The molecule has 0 radical (unpaired) electrons. The highest BCUT2D eigenvalue weighted by Crippen LogP contribution is 2.17. The monoisotopic (exact) mass is 466 g/mol. The Morgan fingerprint density at radius 1 is 0.971 bits per heavy atom. The van der Waals surface area contributed by atoms with Crippen molar-refractivity contribution in [3.8, 4) is 5.75 Å². The van der Waals surface area contributed by atoms with Crippen LogP contribution in [-0.4, -0.2) is 66.5 Å². The van der Waals surface area contributed by atoms with Crippen LogP contribution in [0, 0.1) is 13.8 Å². The van der Waals surface area contributed by atoms with Gasteiger partial charge in [-0.25, -0.2) is 4.79 Å². The fourth-order valence-corrected chi connectivity index (χ4v) is 4.04. The molecule has 8 nitrogen and oxygen atoms in total. The second kappa shape index (κ2) is 11.5. The first-order valence-corrected chi connectivity index (χ1v) is 11.7. The Balaban J connectivity index is 1.58. The Morgan fingerprint density at radius 2 is 1.62 bits per heavy atom. The lowest BCUT2D eigenvalue weighted by Gasteiger charge is -2.36. The number of rotatable bonds is 7. The summed E-state index contributed by atoms with van der Waals surface area (Å²) in [6.07, 6.45) is 0.435. The van der Waals surface area contributed by atoms with Crippen LogP contribution in [0.25, 0.3) is 0 Å². The van der Waals surface area contributed by atoms with E-state index < -0.39 is 6.04 Å². The molecule has 1 heterocycles. The molecule has 1 aliphatic heterocycles. The van der Waals surface area contributed by atoms with Crippen LogP contribution in [0.5, 0.6) is 5.75 Å². The molecule has 1 saturated heterocycles. The standard InChI is InChI=1S/C26H34N4O4/c1-5-34-23-10-8-22(9-11-23)28-26(33)30-14-12-29(13-15-30)25(32)24(27-20(4)31)17-21-16-18(2)6-7-19(21)3/h6-11,16,24H,5,12-15,17H2,1-4H3,(H,27,31)(H,28,33). The van der Waals surface area contributed by atoms with E-state index in [1.807, 2.05) is 45.0 Å². The summed E-state index contributed by atoms with van der Waals surface area (Å²) < 4.78 is 5.42. The first-order valence-electron chi connectivity index (χ1n) is 11.7. The van der Waals surface area contributed by atoms with Crippen molar-refractivity contribution in [1.82, 2.24) is 15.1 Å². The molecule has 182 valence electrons. The highest BCUT2D eigenvalue weighted by molar-refractivity contribution is 5.90. The molecule has 3 rings (SSSR count). The maximum absolute atomic E-state index is 13.3. The van der Waals surface area contributed by atoms with E-state index in [0.717, 1.165) is 22.4 Å². The van der Waals surface area contributed by atoms with Gasteiger partial charge in [0.05, 0.1) is 6.61 Å². The highest BCUT2D eigenvalue weighted by atomic mass is 16.5. The van der Waals surface area contributed by atoms with Crippen LogP contribution in [0.15, 0.2) is 42.5 Å². The summed E-state index contributed by atoms with van der Waals surface area (Å²) in [6, 6.07) is 12.5. The van der Waals surface area contributed by atoms with Gasteiger partial charge in [-0.15, -0.1) is 0 Å². The van der Waals surface area contributed by atoms with Gasteiger partial charge in [0.25, 0.3) is 0 Å². The molecule has 4 amide bonds. The van der Waals surface area contributed by atoms with Gasteiger partial charge in [-0.05, 0) is 56.2 Å². The van der Waals surface area contributed by atoms with Crippen LogP contribution in [0.1, 0.15) is 30.5 Å². The average Bonchev–Trinajstić information content (AvgIpc) is 2.81. The molecule has 8 heteroatoms. The fraction of sp³-hybridized carbons (Fsp3) is 0.423. The molecular formula is C26H34N4O4. The van der Waals surface area contributed by atoms with Gasteiger partial charge in [-0.3, -0.25) is 9.59 Å². The first-order chi connectivity index (χ1) is 16.3. The predicted molar refractivity (Wildman–Crippen MR) is 132 cm³/mol. The number of piperazine rings is 1. The summed E-state index contributed by atoms with van der Waals surface area (Å²) in [5, 5.41) is 5.71. The van der Waals surface area contributed by atoms with E-state index in [-0.39, 0.29) is 17.8 Å². The second-order valence-electron chi connectivity index (χ2n) is 8.59. The highest BCUT2D eigenvalue weighted by Gasteiger charge is 2.30. The number of nitrogens with one attached hydrogen (secondary N) is 2. The number of amides is 4. The quantitative estimate of drug-likeness (QED) is 0.656. The van der Waals surface area contributed by atoms with Gasteiger partial charge in [0.1, 0.15) is 11.8 Å². The number of urea groups is 1. The number of carbonyl (C=O) groups excluding carboxylic acids is 3. The van der Waals surface area contributed by atoms with Gasteiger partial charge < -0.3 is 25.2 Å². The topological polar surface area (TPSA) is 91.0 Å². The predicted octanol–water partition coefficient (Wildman–Crippen LogP) is 3.13. The summed E-state index contributed by atoms with van der Waals surface area (Å²) in [6.45, 7) is 9.62. The van der Waals surface area contributed by atoms with E-state index in [9.17, 15) is 14.4 Å². The van der Waals surface area contributed by atoms with Crippen molar-refractivity contribution in [3.05, 3.63) is 59.2 Å². The van der Waals surface area contributed by atoms with Gasteiger partial charge in [0.15, 0.2) is 0 Å². The lowest BCUT2D eigenvalue weighted by Crippen LogP contribution is -2.56. The van der Waals surface area contributed by atoms with Crippen molar-refractivity contribution < 1.29 is 19.1 Å². The zero-order valence-electron chi connectivity index (χ0n) is 20.4. The molecule has 2 N–H and O–H groups in total. The number of hydrogen-bond donors (Lipinski definition) is 2. The largest absolute Gasteiger partial charge is 0.494 e. The molecule has 2 aromatic rings. The lowest BCUT2D eigenvalue weighted by molar-refractivity contribution is -0.137. The Labute approximate surface area is 201 Å². The van der Waals surface area contributed by atoms with Crippen LogP contribution >= 0.6 is 0 Å². The van der Waals surface area contributed by atoms with Crippen LogP contribution in [0.4, 0.5) is 10.5 Å². The molecule has 34 heavy (non-hydrogen) atoms. The molecule has 1 fully saturated rings. The van der Waals surface area contributed by atoms with Crippen molar-refractivity contribution in [2.45, 2.75) is 40.2 Å². The van der Waals surface area contributed by atoms with E-state index in [1.165, 1.54) is 6.92 Å². The molecule has 2 aromatic carbocycles. The molecular weight excluding hydrogens is 432 g/mol. The van der Waals surface area contributed by atoms with E-state index in [0.29, 0.717) is 44.9 Å². The van der Waals surface area contributed by atoms with Crippen LogP contribution in [0.3, 0.4) is 0 Å². The normalized spacial score (nSPS) is 14.4. The van der Waals surface area contributed by atoms with E-state index >= 15 is 0 Å². The fourth-order valence-electron chi connectivity index (χ4n) is 4.04. The van der Waals surface area contributed by atoms with E-state index in [2.05, 4.69) is 16.7 Å². The third-order valence-electron chi connectivity index (χ3n) is 5.90. The van der Waals surface area contributed by atoms with Crippen molar-refractivity contribution in [3.63, 3.8) is 0 Å². The number of benzene rings is 2. The minimum absolute atomic E-state index is 0.123. The van der Waals surface area contributed by atoms with Crippen LogP contribution < -0.4 is 15.4 Å². The zero-order chi connectivity index (χ0) is 24.7. The van der Waals surface area contributed by atoms with E-state index in [4.69, 9.17) is 4.74 Å². The zero-order valence-corrected chi connectivity index (χ0v) is 20.4. The number of aryl methyl sites for hydroxylation is 2. The molecule has 1 unspecified atom stereocenters. The number of ether oxygens (including phenoxy) is 1. The van der Waals surface area contributed by atoms with Crippen molar-refractivity contribution >= 4 is 23.5 Å². The molecule has 0 aromatic heterocycles. The van der Waals surface area contributed by atoms with Gasteiger partial charge in [-0.2, -0.15) is 0 Å².